The molecule has 0 fully saturated rings. The first-order valence-corrected chi connectivity index (χ1v) is 6.72. The van der Waals surface area contributed by atoms with E-state index >= 15 is 0 Å². The highest BCUT2D eigenvalue weighted by molar-refractivity contribution is 9.10. The molecular formula is C11H12BrF2NOS. The Hall–Kier alpha value is -0.460. The third-order valence-corrected chi connectivity index (χ3v) is 3.80. The number of hydrogen-bond acceptors (Lipinski definition) is 2. The molecule has 0 N–H and O–H groups in total. The molecule has 0 aromatic heterocycles. The average Bonchev–Trinajstić information content (AvgIpc) is 2.19. The van der Waals surface area contributed by atoms with E-state index in [1.165, 1.54) is 0 Å². The van der Waals surface area contributed by atoms with Crippen molar-refractivity contribution < 1.29 is 13.3 Å². The summed E-state index contributed by atoms with van der Waals surface area (Å²) in [6.45, 7) is 5.25. The van der Waals surface area contributed by atoms with Crippen LogP contribution in [0.5, 0.6) is 0 Å². The summed E-state index contributed by atoms with van der Waals surface area (Å²) >= 11 is 1.38. The molecule has 17 heavy (non-hydrogen) atoms. The molecule has 0 aliphatic rings. The smallest absolute Gasteiger partial charge is 0.144 e. The van der Waals surface area contributed by atoms with Crippen LogP contribution >= 0.6 is 15.9 Å². The lowest BCUT2D eigenvalue weighted by atomic mass is 10.2. The summed E-state index contributed by atoms with van der Waals surface area (Å²) < 4.78 is 41.4. The largest absolute Gasteiger partial charge is 0.591 e. The van der Waals surface area contributed by atoms with Crippen molar-refractivity contribution in [2.75, 3.05) is 0 Å². The molecule has 0 bridgehead atoms. The Morgan fingerprint density at radius 1 is 1.29 bits per heavy atom. The van der Waals surface area contributed by atoms with E-state index in [1.807, 2.05) is 0 Å². The van der Waals surface area contributed by atoms with Crippen LogP contribution in [0.3, 0.4) is 0 Å². The van der Waals surface area contributed by atoms with Gasteiger partial charge in [0.15, 0.2) is 0 Å². The van der Waals surface area contributed by atoms with Crippen molar-refractivity contribution in [3.8, 4) is 0 Å². The first-order valence-electron chi connectivity index (χ1n) is 4.82. The summed E-state index contributed by atoms with van der Waals surface area (Å²) in [7, 11) is 0. The summed E-state index contributed by atoms with van der Waals surface area (Å²) in [6.07, 6.45) is 1.09. The molecule has 0 aliphatic heterocycles. The summed E-state index contributed by atoms with van der Waals surface area (Å²) in [5.74, 6) is -1.21. The molecule has 0 radical (unpaired) electrons. The molecular weight excluding hydrogens is 312 g/mol. The topological polar surface area (TPSA) is 35.4 Å². The minimum Gasteiger partial charge on any atom is -0.591 e. The zero-order valence-electron chi connectivity index (χ0n) is 9.63. The van der Waals surface area contributed by atoms with Crippen LogP contribution < -0.4 is 0 Å². The number of hydrogen-bond donors (Lipinski definition) is 0. The van der Waals surface area contributed by atoms with E-state index in [2.05, 4.69) is 20.3 Å². The number of nitrogens with zero attached hydrogens (tertiary/aromatic N) is 1. The lowest BCUT2D eigenvalue weighted by Crippen LogP contribution is -2.25. The highest BCUT2D eigenvalue weighted by Crippen LogP contribution is 2.20. The maximum Gasteiger partial charge on any atom is 0.144 e. The molecule has 0 saturated carbocycles. The summed E-state index contributed by atoms with van der Waals surface area (Å²) in [5.41, 5.74) is -0.0247. The standard InChI is InChI=1S/C11H12BrF2NOS/c1-11(2,3)17(16)15-6-7-4-10(14)8(12)5-9(7)13/h4-6H,1-3H3/b15-6+. The lowest BCUT2D eigenvalue weighted by Gasteiger charge is -2.17. The van der Waals surface area contributed by atoms with Crippen molar-refractivity contribution in [1.29, 1.82) is 0 Å². The van der Waals surface area contributed by atoms with Crippen LogP contribution in [0.15, 0.2) is 21.0 Å². The molecule has 94 valence electrons. The van der Waals surface area contributed by atoms with Crippen LogP contribution in [0.25, 0.3) is 0 Å². The van der Waals surface area contributed by atoms with E-state index in [0.29, 0.717) is 0 Å². The van der Waals surface area contributed by atoms with E-state index in [9.17, 15) is 13.3 Å². The van der Waals surface area contributed by atoms with Gasteiger partial charge in [-0.1, -0.05) is 4.40 Å². The average molecular weight is 324 g/mol. The number of rotatable bonds is 2. The molecule has 0 saturated heterocycles. The molecule has 0 spiro atoms. The van der Waals surface area contributed by atoms with Crippen LogP contribution in [0.2, 0.25) is 0 Å². The minimum absolute atomic E-state index is 0.0247. The van der Waals surface area contributed by atoms with Crippen molar-refractivity contribution in [3.05, 3.63) is 33.8 Å². The molecule has 1 rings (SSSR count). The van der Waals surface area contributed by atoms with Gasteiger partial charge >= 0.3 is 0 Å². The zero-order valence-corrected chi connectivity index (χ0v) is 12.0. The van der Waals surface area contributed by atoms with Gasteiger partial charge in [0.2, 0.25) is 0 Å². The Labute approximate surface area is 111 Å². The SMILES string of the molecule is CC(C)(C)[S+]([O-])/N=C/c1cc(F)c(Br)cc1F. The molecule has 0 aliphatic carbocycles. The van der Waals surface area contributed by atoms with Crippen LogP contribution in [0.4, 0.5) is 8.78 Å². The summed E-state index contributed by atoms with van der Waals surface area (Å²) in [6, 6.07) is 2.01. The van der Waals surface area contributed by atoms with E-state index in [0.717, 1.165) is 18.3 Å². The minimum atomic E-state index is -1.49. The van der Waals surface area contributed by atoms with Gasteiger partial charge in [-0.15, -0.1) is 0 Å². The van der Waals surface area contributed by atoms with Gasteiger partial charge in [-0.05, 0) is 48.8 Å². The second kappa shape index (κ2) is 5.46. The predicted octanol–water partition coefficient (Wildman–Crippen LogP) is 3.61. The van der Waals surface area contributed by atoms with Crippen molar-refractivity contribution >= 4 is 33.5 Å². The van der Waals surface area contributed by atoms with Crippen molar-refractivity contribution in [3.63, 3.8) is 0 Å². The van der Waals surface area contributed by atoms with Crippen LogP contribution in [0, 0.1) is 11.6 Å². The van der Waals surface area contributed by atoms with Crippen LogP contribution in [-0.4, -0.2) is 15.5 Å². The van der Waals surface area contributed by atoms with Gasteiger partial charge in [0, 0.05) is 5.56 Å². The fraction of sp³-hybridized carbons (Fsp3) is 0.364. The summed E-state index contributed by atoms with van der Waals surface area (Å²) in [4.78, 5) is 0. The van der Waals surface area contributed by atoms with Gasteiger partial charge < -0.3 is 4.55 Å². The van der Waals surface area contributed by atoms with Gasteiger partial charge in [-0.2, -0.15) is 0 Å². The lowest BCUT2D eigenvalue weighted by molar-refractivity contribution is 0.561. The molecule has 1 aromatic rings. The first-order chi connectivity index (χ1) is 7.71. The molecule has 0 amide bonds. The third-order valence-electron chi connectivity index (χ3n) is 1.85. The summed E-state index contributed by atoms with van der Waals surface area (Å²) in [5, 5.41) is 0. The predicted molar refractivity (Wildman–Crippen MR) is 69.5 cm³/mol. The fourth-order valence-electron chi connectivity index (χ4n) is 0.900. The Morgan fingerprint density at radius 2 is 1.88 bits per heavy atom. The van der Waals surface area contributed by atoms with E-state index in [-0.39, 0.29) is 10.0 Å². The van der Waals surface area contributed by atoms with Gasteiger partial charge in [0.1, 0.15) is 27.7 Å². The third kappa shape index (κ3) is 4.04. The fourth-order valence-corrected chi connectivity index (χ4v) is 1.74. The van der Waals surface area contributed by atoms with Gasteiger partial charge in [-0.25, -0.2) is 8.78 Å². The second-order valence-corrected chi connectivity index (χ2v) is 7.17. The van der Waals surface area contributed by atoms with Crippen LogP contribution in [0.1, 0.15) is 26.3 Å². The maximum atomic E-state index is 13.4. The highest BCUT2D eigenvalue weighted by Gasteiger charge is 2.26. The van der Waals surface area contributed by atoms with E-state index in [1.54, 1.807) is 20.8 Å². The molecule has 1 aromatic carbocycles. The maximum absolute atomic E-state index is 13.4. The Bertz CT molecular complexity index is 446. The first kappa shape index (κ1) is 14.6. The molecule has 6 heteroatoms. The van der Waals surface area contributed by atoms with E-state index in [4.69, 9.17) is 0 Å². The molecule has 0 heterocycles. The van der Waals surface area contributed by atoms with Gasteiger partial charge in [0.05, 0.1) is 10.7 Å². The van der Waals surface area contributed by atoms with Crippen molar-refractivity contribution in [2.24, 2.45) is 4.40 Å². The normalized spacial score (nSPS) is 14.3. The molecule has 2 nitrogen and oxygen atoms in total. The molecule has 1 atom stereocenters. The monoisotopic (exact) mass is 323 g/mol. The Kier molecular flexibility index (Phi) is 4.69. The van der Waals surface area contributed by atoms with Crippen LogP contribution in [-0.2, 0) is 11.4 Å². The van der Waals surface area contributed by atoms with Gasteiger partial charge in [0.25, 0.3) is 0 Å². The number of halogens is 3. The van der Waals surface area contributed by atoms with Crippen molar-refractivity contribution in [2.45, 2.75) is 25.5 Å². The quantitative estimate of drug-likeness (QED) is 0.465. The zero-order chi connectivity index (χ0) is 13.2. The second-order valence-electron chi connectivity index (χ2n) is 4.38. The highest BCUT2D eigenvalue weighted by atomic mass is 79.9. The van der Waals surface area contributed by atoms with Gasteiger partial charge in [-0.3, -0.25) is 0 Å². The Balaban J connectivity index is 2.96. The number of benzene rings is 1. The molecule has 1 unspecified atom stereocenters. The van der Waals surface area contributed by atoms with Crippen molar-refractivity contribution in [1.82, 2.24) is 0 Å². The Morgan fingerprint density at radius 3 is 2.41 bits per heavy atom. The van der Waals surface area contributed by atoms with E-state index < -0.39 is 27.7 Å².